The summed E-state index contributed by atoms with van der Waals surface area (Å²) in [7, 11) is -4.34. The zero-order valence-corrected chi connectivity index (χ0v) is 22.3. The third-order valence-corrected chi connectivity index (χ3v) is 11.2. The monoisotopic (exact) mass is 613 g/mol. The Kier molecular flexibility index (Phi) is 6.92. The molecule has 39 heavy (non-hydrogen) atoms. The molecule has 2 aliphatic rings. The number of nitrogens with zero attached hydrogens (tertiary/aromatic N) is 8. The molecule has 3 aromatic rings. The van der Waals surface area contributed by atoms with Gasteiger partial charge in [-0.3, -0.25) is 14.5 Å². The second-order valence-electron chi connectivity index (χ2n) is 7.77. The summed E-state index contributed by atoms with van der Waals surface area (Å²) in [5.74, 6) is -3.57. The summed E-state index contributed by atoms with van der Waals surface area (Å²) >= 11 is 2.03. The van der Waals surface area contributed by atoms with Crippen molar-refractivity contribution in [2.45, 2.75) is 16.4 Å². The number of aromatic nitrogens is 6. The summed E-state index contributed by atoms with van der Waals surface area (Å²) in [5.41, 5.74) is 11.1. The Morgan fingerprint density at radius 3 is 2.77 bits per heavy atom. The number of amides is 2. The number of nitrogen functional groups attached to an aromatic ring is 2. The quantitative estimate of drug-likeness (QED) is 0.0607. The fourth-order valence-corrected chi connectivity index (χ4v) is 9.20. The highest BCUT2D eigenvalue weighted by molar-refractivity contribution is 8.34. The lowest BCUT2D eigenvalue weighted by Crippen LogP contribution is -2.74. The van der Waals surface area contributed by atoms with E-state index in [1.807, 2.05) is 0 Å². The van der Waals surface area contributed by atoms with E-state index in [1.54, 1.807) is 0 Å². The lowest BCUT2D eigenvalue weighted by atomic mass is 10.0. The number of carboxylic acids is 1. The van der Waals surface area contributed by atoms with Gasteiger partial charge in [0.05, 0.1) is 5.69 Å². The average molecular weight is 614 g/mol. The van der Waals surface area contributed by atoms with Gasteiger partial charge in [0.25, 0.3) is 11.8 Å². The van der Waals surface area contributed by atoms with Gasteiger partial charge in [0, 0.05) is 16.9 Å². The van der Waals surface area contributed by atoms with Gasteiger partial charge in [-0.05, 0) is 31.5 Å². The van der Waals surface area contributed by atoms with Crippen LogP contribution in [0.2, 0.25) is 0 Å². The fourth-order valence-electron chi connectivity index (χ4n) is 3.89. The molecule has 3 atom stereocenters. The van der Waals surface area contributed by atoms with Crippen LogP contribution in [0.1, 0.15) is 5.69 Å². The number of rotatable bonds is 7. The number of fused-ring (bicyclic) bond motifs is 2. The van der Waals surface area contributed by atoms with Crippen molar-refractivity contribution >= 4 is 81.8 Å². The van der Waals surface area contributed by atoms with E-state index < -0.39 is 59.3 Å². The summed E-state index contributed by atoms with van der Waals surface area (Å²) in [6.45, 7) is 0. The van der Waals surface area contributed by atoms with Gasteiger partial charge < -0.3 is 27.1 Å². The number of hydrogen-bond donors (Lipinski definition) is 5. The van der Waals surface area contributed by atoms with Crippen LogP contribution in [0.3, 0.4) is 0 Å². The highest BCUT2D eigenvalue weighted by Gasteiger charge is 2.56. The molecule has 0 aliphatic carbocycles. The van der Waals surface area contributed by atoms with Crippen LogP contribution in [0.15, 0.2) is 32.9 Å². The third-order valence-electron chi connectivity index (χ3n) is 5.53. The minimum absolute atomic E-state index is 0.0392. The minimum Gasteiger partial charge on any atom is -0.477 e. The van der Waals surface area contributed by atoms with Crippen molar-refractivity contribution in [3.05, 3.63) is 28.4 Å². The van der Waals surface area contributed by atoms with Crippen LogP contribution in [0.25, 0.3) is 5.65 Å². The van der Waals surface area contributed by atoms with Gasteiger partial charge in [0.1, 0.15) is 27.8 Å². The van der Waals surface area contributed by atoms with E-state index in [2.05, 4.69) is 36.1 Å². The normalized spacial score (nSPS) is 21.0. The maximum absolute atomic E-state index is 13.1. The van der Waals surface area contributed by atoms with Gasteiger partial charge in [0.2, 0.25) is 14.9 Å². The summed E-state index contributed by atoms with van der Waals surface area (Å²) in [6.07, 6.45) is 0. The number of hydrogen-bond acceptors (Lipinski definition) is 16. The molecule has 1 fully saturated rings. The summed E-state index contributed by atoms with van der Waals surface area (Å²) in [4.78, 5) is 42.7. The van der Waals surface area contributed by atoms with Crippen molar-refractivity contribution in [3.63, 3.8) is 0 Å². The van der Waals surface area contributed by atoms with Crippen LogP contribution < -0.4 is 16.8 Å². The Balaban J connectivity index is 1.43. The van der Waals surface area contributed by atoms with Crippen molar-refractivity contribution in [1.29, 1.82) is 0 Å². The van der Waals surface area contributed by atoms with Crippen molar-refractivity contribution in [2.75, 3.05) is 23.0 Å². The molecule has 0 radical (unpaired) electrons. The first kappa shape index (κ1) is 26.5. The van der Waals surface area contributed by atoms with E-state index in [0.717, 1.165) is 32.6 Å². The fraction of sp³-hybridized carbons (Fsp3) is 0.235. The highest BCUT2D eigenvalue weighted by atomic mass is 32.9. The number of carbonyl (C=O) groups is 3. The Morgan fingerprint density at radius 2 is 2.13 bits per heavy atom. The molecule has 0 spiro atoms. The second kappa shape index (κ2) is 10.2. The molecule has 1 saturated heterocycles. The summed E-state index contributed by atoms with van der Waals surface area (Å²) < 4.78 is 25.5. The lowest BCUT2D eigenvalue weighted by Gasteiger charge is -2.50. The van der Waals surface area contributed by atoms with E-state index in [1.165, 1.54) is 11.4 Å². The molecule has 3 aromatic heterocycles. The number of oxime groups is 1. The predicted molar refractivity (Wildman–Crippen MR) is 137 cm³/mol. The molecular weight excluding hydrogens is 599 g/mol. The molecule has 2 unspecified atom stereocenters. The third kappa shape index (κ3) is 4.66. The van der Waals surface area contributed by atoms with Gasteiger partial charge in [-0.25, -0.2) is 9.78 Å². The van der Waals surface area contributed by atoms with Crippen molar-refractivity contribution in [1.82, 2.24) is 40.5 Å². The average Bonchev–Trinajstić information content (AvgIpc) is 3.54. The Bertz CT molecular complexity index is 1750. The minimum atomic E-state index is -2.74. The number of nitrogens with one attached hydrogen (secondary N) is 1. The predicted octanol–water partition coefficient (Wildman–Crippen LogP) is -2.47. The largest absolute Gasteiger partial charge is 0.477 e. The highest BCUT2D eigenvalue weighted by Crippen LogP contribution is 2.37. The molecule has 2 amide bonds. The van der Waals surface area contributed by atoms with Gasteiger partial charge in [-0.15, -0.1) is 26.2 Å². The van der Waals surface area contributed by atoms with Crippen LogP contribution in [-0.4, -0.2) is 100 Å². The SMILES string of the molecule is Nc1nc(C(=NO)C(=O)NC2C(=O)N3C(C(=O)O)=C(CSc4cc(N)c5nnnn5n4)CS(=S(=O)=O)[C@H]23)cs1. The number of β-lactam (4-membered cyclic amide) rings is 1. The first-order valence-corrected chi connectivity index (χ1v) is 15.3. The number of anilines is 2. The first-order valence-electron chi connectivity index (χ1n) is 10.4. The van der Waals surface area contributed by atoms with Crippen molar-refractivity contribution in [2.24, 2.45) is 5.16 Å². The number of carbonyl (C=O) groups excluding carboxylic acids is 2. The van der Waals surface area contributed by atoms with Gasteiger partial charge in [0.15, 0.2) is 10.8 Å². The number of thiazole rings is 1. The molecule has 5 heterocycles. The number of nitrogens with two attached hydrogens (primary N) is 2. The van der Waals surface area contributed by atoms with Crippen LogP contribution in [0.4, 0.5) is 10.8 Å². The van der Waals surface area contributed by atoms with E-state index in [4.69, 9.17) is 11.5 Å². The second-order valence-corrected chi connectivity index (χ2v) is 13.7. The van der Waals surface area contributed by atoms with E-state index in [0.29, 0.717) is 5.03 Å². The maximum atomic E-state index is 13.1. The van der Waals surface area contributed by atoms with Crippen LogP contribution in [0, 0.1) is 0 Å². The van der Waals surface area contributed by atoms with E-state index >= 15 is 0 Å². The maximum Gasteiger partial charge on any atom is 0.352 e. The zero-order valence-electron chi connectivity index (χ0n) is 19.0. The summed E-state index contributed by atoms with van der Waals surface area (Å²) in [5, 5.41) is 40.1. The molecule has 204 valence electrons. The van der Waals surface area contributed by atoms with Gasteiger partial charge >= 0.3 is 5.97 Å². The number of carboxylic acid groups (broad SMARTS) is 1. The number of thioether (sulfide) groups is 1. The smallest absolute Gasteiger partial charge is 0.352 e. The molecule has 22 heteroatoms. The molecule has 0 saturated carbocycles. The van der Waals surface area contributed by atoms with Crippen LogP contribution in [-0.2, 0) is 33.1 Å². The first-order chi connectivity index (χ1) is 18.6. The summed E-state index contributed by atoms with van der Waals surface area (Å²) in [6, 6.07) is 0.0872. The lowest BCUT2D eigenvalue weighted by molar-refractivity contribution is -0.150. The van der Waals surface area contributed by atoms with Gasteiger partial charge in [-0.1, -0.05) is 16.9 Å². The molecule has 0 bridgehead atoms. The molecule has 0 aromatic carbocycles. The topological polar surface area (TPSA) is 274 Å². The molecule has 18 nitrogen and oxygen atoms in total. The number of tetrazole rings is 1. The number of aliphatic carboxylic acids is 1. The Labute approximate surface area is 227 Å². The standard InChI is InChI=1S/C17H15N11O7S4/c18-6-1-8(23-28-12(6)22-25-26-28)36-2-5-4-38(39(34)35)15-10(14(30)27(15)11(5)16(31)32)21-13(29)9(24-33)7-3-37-17(19)20-7/h1,3,10,15,33H,2,4,18H2,(H2,19,20)(H,21,29)(H,31,32)/t10?,15-,38?/m1/s1. The van der Waals surface area contributed by atoms with Gasteiger partial charge in [-0.2, -0.15) is 8.42 Å². The molecule has 7 N–H and O–H groups in total. The van der Waals surface area contributed by atoms with Crippen LogP contribution in [0.5, 0.6) is 0 Å². The molecule has 5 rings (SSSR count). The molecular formula is C17H15N11O7S4. The Morgan fingerprint density at radius 1 is 1.36 bits per heavy atom. The zero-order chi connectivity index (χ0) is 28.0. The Hall–Kier alpha value is -4.15. The molecule has 2 aliphatic heterocycles. The van der Waals surface area contributed by atoms with Crippen molar-refractivity contribution in [3.8, 4) is 0 Å². The van der Waals surface area contributed by atoms with Crippen LogP contribution >= 0.6 is 23.1 Å². The van der Waals surface area contributed by atoms with Crippen molar-refractivity contribution < 1.29 is 33.1 Å². The van der Waals surface area contributed by atoms with E-state index in [-0.39, 0.29) is 39.2 Å². The van der Waals surface area contributed by atoms with E-state index in [9.17, 15) is 33.1 Å².